The van der Waals surface area contributed by atoms with Crippen LogP contribution in [0.15, 0.2) is 47.6 Å². The minimum Gasteiger partial charge on any atom is -0.493 e. The Kier molecular flexibility index (Phi) is 6.65. The topological polar surface area (TPSA) is 69.2 Å². The number of methoxy groups -OCH3 is 2. The molecule has 0 aliphatic heterocycles. The van der Waals surface area contributed by atoms with Crippen molar-refractivity contribution in [3.63, 3.8) is 0 Å². The first-order chi connectivity index (χ1) is 12.0. The fourth-order valence-electron chi connectivity index (χ4n) is 2.01. The van der Waals surface area contributed by atoms with E-state index in [4.69, 9.17) is 21.1 Å². The average molecular weight is 363 g/mol. The molecule has 0 heterocycles. The van der Waals surface area contributed by atoms with Crippen LogP contribution in [-0.4, -0.2) is 32.5 Å². The van der Waals surface area contributed by atoms with Crippen LogP contribution in [0.3, 0.4) is 0 Å². The van der Waals surface area contributed by atoms with Crippen molar-refractivity contribution in [3.05, 3.63) is 53.1 Å². The maximum Gasteiger partial charge on any atom is 0.346 e. The molecule has 25 heavy (non-hydrogen) atoms. The maximum absolute atomic E-state index is 11.5. The van der Waals surface area contributed by atoms with Crippen LogP contribution >= 0.6 is 11.6 Å². The van der Waals surface area contributed by atoms with Gasteiger partial charge in [0, 0.05) is 0 Å². The van der Waals surface area contributed by atoms with Gasteiger partial charge >= 0.3 is 5.97 Å². The lowest BCUT2D eigenvalue weighted by Gasteiger charge is -2.16. The first-order valence-corrected chi connectivity index (χ1v) is 7.89. The molecule has 6 nitrogen and oxygen atoms in total. The number of anilines is 1. The number of benzene rings is 2. The molecule has 0 aliphatic rings. The molecule has 0 fully saturated rings. The smallest absolute Gasteiger partial charge is 0.346 e. The monoisotopic (exact) mass is 362 g/mol. The van der Waals surface area contributed by atoms with Crippen molar-refractivity contribution in [2.75, 3.05) is 19.6 Å². The number of esters is 1. The van der Waals surface area contributed by atoms with Crippen LogP contribution in [0.4, 0.5) is 5.69 Å². The van der Waals surface area contributed by atoms with Crippen molar-refractivity contribution in [2.24, 2.45) is 5.10 Å². The molecule has 2 aromatic carbocycles. The molecule has 1 unspecified atom stereocenters. The summed E-state index contributed by atoms with van der Waals surface area (Å²) in [7, 11) is 2.78. The molecule has 0 saturated heterocycles. The molecular formula is C18H19ClN2O4. The van der Waals surface area contributed by atoms with Crippen LogP contribution in [0, 0.1) is 0 Å². The van der Waals surface area contributed by atoms with E-state index in [2.05, 4.69) is 15.3 Å². The fourth-order valence-corrected chi connectivity index (χ4v) is 2.28. The highest BCUT2D eigenvalue weighted by Gasteiger charge is 2.20. The number of ether oxygens (including phenoxy) is 3. The number of para-hydroxylation sites is 1. The third kappa shape index (κ3) is 5.12. The Morgan fingerprint density at radius 3 is 2.60 bits per heavy atom. The summed E-state index contributed by atoms with van der Waals surface area (Å²) in [5.41, 5.74) is 4.49. The summed E-state index contributed by atoms with van der Waals surface area (Å²) in [6, 6.07) is 12.9. The first kappa shape index (κ1) is 18.6. The molecule has 0 aromatic heterocycles. The standard InChI is InChI=1S/C18H19ClN2O4/c1-12(18(22)24-3)25-17-15(19)9-13(10-16(17)23-2)11-20-21-14-7-5-4-6-8-14/h4-12,21H,1-3H3. The summed E-state index contributed by atoms with van der Waals surface area (Å²) in [6.07, 6.45) is 0.796. The van der Waals surface area contributed by atoms with Gasteiger partial charge in [-0.2, -0.15) is 5.10 Å². The molecule has 0 aliphatic carbocycles. The highest BCUT2D eigenvalue weighted by Crippen LogP contribution is 2.36. The van der Waals surface area contributed by atoms with Gasteiger partial charge in [0.2, 0.25) is 0 Å². The van der Waals surface area contributed by atoms with E-state index in [-0.39, 0.29) is 5.75 Å². The van der Waals surface area contributed by atoms with E-state index in [0.717, 1.165) is 5.69 Å². The minimum atomic E-state index is -0.810. The van der Waals surface area contributed by atoms with Crippen LogP contribution in [-0.2, 0) is 9.53 Å². The zero-order valence-electron chi connectivity index (χ0n) is 14.2. The van der Waals surface area contributed by atoms with Gasteiger partial charge in [-0.3, -0.25) is 5.43 Å². The number of nitrogens with zero attached hydrogens (tertiary/aromatic N) is 1. The summed E-state index contributed by atoms with van der Waals surface area (Å²) in [6.45, 7) is 1.57. The summed E-state index contributed by atoms with van der Waals surface area (Å²) >= 11 is 6.26. The largest absolute Gasteiger partial charge is 0.493 e. The van der Waals surface area contributed by atoms with E-state index in [1.807, 2.05) is 30.3 Å². The lowest BCUT2D eigenvalue weighted by atomic mass is 10.2. The van der Waals surface area contributed by atoms with Crippen molar-refractivity contribution in [1.29, 1.82) is 0 Å². The number of hydrazone groups is 1. The summed E-state index contributed by atoms with van der Waals surface area (Å²) in [4.78, 5) is 11.5. The fraction of sp³-hybridized carbons (Fsp3) is 0.222. The summed E-state index contributed by atoms with van der Waals surface area (Å²) in [5, 5.41) is 4.46. The van der Waals surface area contributed by atoms with Crippen LogP contribution in [0.5, 0.6) is 11.5 Å². The van der Waals surface area contributed by atoms with Gasteiger partial charge < -0.3 is 14.2 Å². The zero-order chi connectivity index (χ0) is 18.2. The lowest BCUT2D eigenvalue weighted by Crippen LogP contribution is -2.25. The maximum atomic E-state index is 11.5. The normalized spacial score (nSPS) is 11.8. The number of rotatable bonds is 7. The Labute approximate surface area is 151 Å². The van der Waals surface area contributed by atoms with Crippen LogP contribution in [0.2, 0.25) is 5.02 Å². The number of halogens is 1. The molecule has 0 saturated carbocycles. The SMILES string of the molecule is COC(=O)C(C)Oc1c(Cl)cc(C=NNc2ccccc2)cc1OC. The number of hydrogen-bond acceptors (Lipinski definition) is 6. The van der Waals surface area contributed by atoms with Gasteiger partial charge in [0.15, 0.2) is 17.6 Å². The highest BCUT2D eigenvalue weighted by molar-refractivity contribution is 6.32. The van der Waals surface area contributed by atoms with E-state index >= 15 is 0 Å². The molecular weight excluding hydrogens is 344 g/mol. The van der Waals surface area contributed by atoms with Crippen molar-refractivity contribution >= 4 is 29.5 Å². The number of carbonyl (C=O) groups excluding carboxylic acids is 1. The molecule has 2 aromatic rings. The Morgan fingerprint density at radius 1 is 1.24 bits per heavy atom. The van der Waals surface area contributed by atoms with Gasteiger partial charge in [0.1, 0.15) is 0 Å². The molecule has 2 rings (SSSR count). The van der Waals surface area contributed by atoms with Crippen LogP contribution < -0.4 is 14.9 Å². The van der Waals surface area contributed by atoms with Crippen molar-refractivity contribution in [2.45, 2.75) is 13.0 Å². The predicted octanol–water partition coefficient (Wildman–Crippen LogP) is 3.73. The van der Waals surface area contributed by atoms with Gasteiger partial charge in [0.05, 0.1) is 31.1 Å². The molecule has 132 valence electrons. The number of hydrogen-bond donors (Lipinski definition) is 1. The van der Waals surface area contributed by atoms with Gasteiger partial charge in [-0.1, -0.05) is 29.8 Å². The molecule has 0 radical (unpaired) electrons. The Bertz CT molecular complexity index is 750. The second-order valence-corrected chi connectivity index (χ2v) is 5.46. The molecule has 0 spiro atoms. The Morgan fingerprint density at radius 2 is 1.96 bits per heavy atom. The molecule has 1 N–H and O–H groups in total. The molecule has 0 amide bonds. The molecule has 7 heteroatoms. The first-order valence-electron chi connectivity index (χ1n) is 7.51. The van der Waals surface area contributed by atoms with E-state index in [0.29, 0.717) is 16.3 Å². The third-order valence-corrected chi connectivity index (χ3v) is 3.54. The third-order valence-electron chi connectivity index (χ3n) is 3.26. The quantitative estimate of drug-likeness (QED) is 0.461. The average Bonchev–Trinajstić information content (AvgIpc) is 2.63. The van der Waals surface area contributed by atoms with Gasteiger partial charge in [-0.25, -0.2) is 4.79 Å². The van der Waals surface area contributed by atoms with E-state index < -0.39 is 12.1 Å². The molecule has 0 bridgehead atoms. The Balaban J connectivity index is 2.16. The van der Waals surface area contributed by atoms with Crippen LogP contribution in [0.1, 0.15) is 12.5 Å². The van der Waals surface area contributed by atoms with Crippen molar-refractivity contribution in [3.8, 4) is 11.5 Å². The summed E-state index contributed by atoms with van der Waals surface area (Å²) in [5.74, 6) is 0.162. The van der Waals surface area contributed by atoms with E-state index in [1.165, 1.54) is 14.2 Å². The second kappa shape index (κ2) is 8.94. The van der Waals surface area contributed by atoms with Gasteiger partial charge in [-0.05, 0) is 36.8 Å². The van der Waals surface area contributed by atoms with Crippen LogP contribution in [0.25, 0.3) is 0 Å². The van der Waals surface area contributed by atoms with Gasteiger partial charge in [0.25, 0.3) is 0 Å². The van der Waals surface area contributed by atoms with E-state index in [1.54, 1.807) is 25.3 Å². The number of carbonyl (C=O) groups is 1. The predicted molar refractivity (Wildman–Crippen MR) is 97.8 cm³/mol. The minimum absolute atomic E-state index is 0.273. The summed E-state index contributed by atoms with van der Waals surface area (Å²) < 4.78 is 15.5. The molecule has 1 atom stereocenters. The second-order valence-electron chi connectivity index (χ2n) is 5.05. The lowest BCUT2D eigenvalue weighted by molar-refractivity contribution is -0.147. The van der Waals surface area contributed by atoms with Crippen molar-refractivity contribution in [1.82, 2.24) is 0 Å². The van der Waals surface area contributed by atoms with E-state index in [9.17, 15) is 4.79 Å². The highest BCUT2D eigenvalue weighted by atomic mass is 35.5. The van der Waals surface area contributed by atoms with Crippen molar-refractivity contribution < 1.29 is 19.0 Å². The number of nitrogens with one attached hydrogen (secondary N) is 1. The Hall–Kier alpha value is -2.73. The van der Waals surface area contributed by atoms with Gasteiger partial charge in [-0.15, -0.1) is 0 Å². The zero-order valence-corrected chi connectivity index (χ0v) is 14.9.